The summed E-state index contributed by atoms with van der Waals surface area (Å²) in [5.41, 5.74) is 2.25. The van der Waals surface area contributed by atoms with Crippen LogP contribution >= 0.6 is 0 Å². The van der Waals surface area contributed by atoms with E-state index in [-0.39, 0.29) is 61.1 Å². The van der Waals surface area contributed by atoms with Gasteiger partial charge in [0.2, 0.25) is 0 Å². The number of anilines is 2. The van der Waals surface area contributed by atoms with E-state index in [2.05, 4.69) is 9.97 Å². The number of rotatable bonds is 10. The number of nitrogens with zero attached hydrogens (tertiary/aromatic N) is 5. The Morgan fingerprint density at radius 3 is 2.42 bits per heavy atom. The number of ketones is 1. The molecule has 0 bridgehead atoms. The van der Waals surface area contributed by atoms with Crippen LogP contribution in [0.3, 0.4) is 0 Å². The molecule has 0 unspecified atom stereocenters. The minimum atomic E-state index is -3.95. The molecule has 0 N–H and O–H groups in total. The highest BCUT2D eigenvalue weighted by Crippen LogP contribution is 2.33. The van der Waals surface area contributed by atoms with Gasteiger partial charge in [-0.1, -0.05) is 61.4 Å². The third-order valence-electron chi connectivity index (χ3n) is 8.13. The highest BCUT2D eigenvalue weighted by Gasteiger charge is 2.41. The highest BCUT2D eigenvalue weighted by molar-refractivity contribution is 7.92. The summed E-state index contributed by atoms with van der Waals surface area (Å²) in [5, 5.41) is 0. The van der Waals surface area contributed by atoms with Crippen molar-refractivity contribution in [3.05, 3.63) is 77.6 Å². The fourth-order valence-electron chi connectivity index (χ4n) is 5.61. The summed E-state index contributed by atoms with van der Waals surface area (Å²) in [6, 6.07) is 15.8. The van der Waals surface area contributed by atoms with Crippen LogP contribution in [-0.2, 0) is 37.3 Å². The zero-order valence-electron chi connectivity index (χ0n) is 25.6. The van der Waals surface area contributed by atoms with Gasteiger partial charge in [0.1, 0.15) is 6.61 Å². The zero-order chi connectivity index (χ0) is 32.1. The second-order valence-electron chi connectivity index (χ2n) is 11.1. The molecule has 5 rings (SSSR count). The van der Waals surface area contributed by atoms with Crippen molar-refractivity contribution in [1.29, 1.82) is 0 Å². The summed E-state index contributed by atoms with van der Waals surface area (Å²) in [6.45, 7) is 5.90. The number of likely N-dealkylation sites (tertiary alicyclic amines) is 1. The Labute approximate surface area is 263 Å². The molecule has 0 saturated carbocycles. The van der Waals surface area contributed by atoms with Crippen molar-refractivity contribution in [3.8, 4) is 0 Å². The van der Waals surface area contributed by atoms with Crippen LogP contribution < -0.4 is 9.21 Å². The third kappa shape index (κ3) is 6.93. The molecule has 2 aromatic carbocycles. The summed E-state index contributed by atoms with van der Waals surface area (Å²) in [7, 11) is -3.95. The lowest BCUT2D eigenvalue weighted by molar-refractivity contribution is -0.122. The van der Waals surface area contributed by atoms with Crippen LogP contribution in [0, 0.1) is 18.8 Å². The SMILES string of the molecule is CCOC(=O)N(CC(=O)[C@@H]1CN(C(=O)OCc2ccccc2)C[C@H]1CC)c1cnc2c(n1)N(S(=O)(=O)c1ccc(C)cc1)CC2. The van der Waals surface area contributed by atoms with Crippen molar-refractivity contribution >= 4 is 39.6 Å². The predicted octanol–water partition coefficient (Wildman–Crippen LogP) is 4.36. The lowest BCUT2D eigenvalue weighted by Gasteiger charge is -2.24. The molecule has 13 heteroatoms. The van der Waals surface area contributed by atoms with Crippen molar-refractivity contribution in [2.45, 2.75) is 45.1 Å². The predicted molar refractivity (Wildman–Crippen MR) is 166 cm³/mol. The first kappa shape index (κ1) is 31.9. The minimum Gasteiger partial charge on any atom is -0.449 e. The number of aromatic nitrogens is 2. The van der Waals surface area contributed by atoms with Crippen LogP contribution in [0.15, 0.2) is 65.7 Å². The van der Waals surface area contributed by atoms with E-state index >= 15 is 0 Å². The van der Waals surface area contributed by atoms with Gasteiger partial charge in [-0.05, 0) is 37.5 Å². The number of ether oxygens (including phenoxy) is 2. The molecule has 1 fully saturated rings. The lowest BCUT2D eigenvalue weighted by atomic mass is 9.90. The number of Topliss-reactive ketones (excluding diaryl/α,β-unsaturated/α-hetero) is 1. The molecule has 12 nitrogen and oxygen atoms in total. The van der Waals surface area contributed by atoms with E-state index < -0.39 is 28.1 Å². The lowest BCUT2D eigenvalue weighted by Crippen LogP contribution is -2.41. The molecule has 1 aromatic heterocycles. The molecule has 2 amide bonds. The van der Waals surface area contributed by atoms with Gasteiger partial charge in [0.25, 0.3) is 10.0 Å². The number of carbonyl (C=O) groups is 3. The minimum absolute atomic E-state index is 0.00303. The molecule has 2 aliphatic rings. The summed E-state index contributed by atoms with van der Waals surface area (Å²) in [4.78, 5) is 51.4. The number of carbonyl (C=O) groups excluding carboxylic acids is 3. The molecule has 3 heterocycles. The van der Waals surface area contributed by atoms with Crippen molar-refractivity contribution in [2.75, 3.05) is 42.0 Å². The molecule has 0 aliphatic carbocycles. The van der Waals surface area contributed by atoms with E-state index in [1.807, 2.05) is 44.2 Å². The molecule has 45 heavy (non-hydrogen) atoms. The molecule has 3 aromatic rings. The maximum absolute atomic E-state index is 13.7. The molecule has 0 spiro atoms. The van der Waals surface area contributed by atoms with Gasteiger partial charge >= 0.3 is 12.2 Å². The Hall–Kier alpha value is -4.52. The second-order valence-corrected chi connectivity index (χ2v) is 13.0. The molecular weight excluding hydrogens is 598 g/mol. The Kier molecular flexibility index (Phi) is 9.66. The third-order valence-corrected chi connectivity index (χ3v) is 9.94. The van der Waals surface area contributed by atoms with Gasteiger partial charge in [0.05, 0.1) is 29.9 Å². The first-order valence-electron chi connectivity index (χ1n) is 15.0. The van der Waals surface area contributed by atoms with Gasteiger partial charge in [0, 0.05) is 32.0 Å². The fourth-order valence-corrected chi connectivity index (χ4v) is 7.05. The first-order valence-corrected chi connectivity index (χ1v) is 16.4. The summed E-state index contributed by atoms with van der Waals surface area (Å²) < 4.78 is 39.0. The topological polar surface area (TPSA) is 139 Å². The number of hydrogen-bond acceptors (Lipinski definition) is 9. The maximum Gasteiger partial charge on any atom is 0.415 e. The van der Waals surface area contributed by atoms with Crippen LogP contribution in [-0.4, -0.2) is 74.0 Å². The van der Waals surface area contributed by atoms with Gasteiger partial charge < -0.3 is 14.4 Å². The Morgan fingerprint density at radius 1 is 1.00 bits per heavy atom. The monoisotopic (exact) mass is 635 g/mol. The Balaban J connectivity index is 1.34. The van der Waals surface area contributed by atoms with Crippen molar-refractivity contribution in [3.63, 3.8) is 0 Å². The van der Waals surface area contributed by atoms with Gasteiger partial charge in [-0.15, -0.1) is 0 Å². The van der Waals surface area contributed by atoms with Crippen LogP contribution in [0.25, 0.3) is 0 Å². The smallest absolute Gasteiger partial charge is 0.415 e. The summed E-state index contributed by atoms with van der Waals surface area (Å²) >= 11 is 0. The number of aryl methyl sites for hydroxylation is 1. The Morgan fingerprint density at radius 2 is 1.73 bits per heavy atom. The van der Waals surface area contributed by atoms with Gasteiger partial charge in [0.15, 0.2) is 17.4 Å². The molecule has 238 valence electrons. The fraction of sp³-hybridized carbons (Fsp3) is 0.406. The number of sulfonamides is 1. The average Bonchev–Trinajstić information content (AvgIpc) is 3.68. The number of hydrogen-bond donors (Lipinski definition) is 0. The van der Waals surface area contributed by atoms with Gasteiger partial charge in [-0.25, -0.2) is 27.3 Å². The van der Waals surface area contributed by atoms with Crippen LogP contribution in [0.4, 0.5) is 21.2 Å². The van der Waals surface area contributed by atoms with Crippen molar-refractivity contribution < 1.29 is 32.3 Å². The summed E-state index contributed by atoms with van der Waals surface area (Å²) in [6.07, 6.45) is 1.03. The van der Waals surface area contributed by atoms with Crippen LogP contribution in [0.1, 0.15) is 37.1 Å². The van der Waals surface area contributed by atoms with Gasteiger partial charge in [-0.2, -0.15) is 0 Å². The first-order chi connectivity index (χ1) is 21.6. The van der Waals surface area contributed by atoms with E-state index in [9.17, 15) is 22.8 Å². The molecule has 0 radical (unpaired) electrons. The number of benzene rings is 2. The normalized spacial score (nSPS) is 17.6. The average molecular weight is 636 g/mol. The van der Waals surface area contributed by atoms with E-state index in [4.69, 9.17) is 9.47 Å². The van der Waals surface area contributed by atoms with E-state index in [1.54, 1.807) is 19.1 Å². The molecule has 1 saturated heterocycles. The van der Waals surface area contributed by atoms with Gasteiger partial charge in [-0.3, -0.25) is 14.7 Å². The van der Waals surface area contributed by atoms with E-state index in [0.29, 0.717) is 25.1 Å². The van der Waals surface area contributed by atoms with E-state index in [0.717, 1.165) is 16.0 Å². The number of fused-ring (bicyclic) bond motifs is 1. The van der Waals surface area contributed by atoms with Crippen LogP contribution in [0.2, 0.25) is 0 Å². The van der Waals surface area contributed by atoms with E-state index in [1.165, 1.54) is 27.5 Å². The Bertz CT molecular complexity index is 1650. The quantitative estimate of drug-likeness (QED) is 0.318. The van der Waals surface area contributed by atoms with Crippen molar-refractivity contribution in [2.24, 2.45) is 11.8 Å². The maximum atomic E-state index is 13.7. The largest absolute Gasteiger partial charge is 0.449 e. The number of amides is 2. The zero-order valence-corrected chi connectivity index (χ0v) is 26.4. The molecular formula is C32H37N5O7S. The molecule has 2 atom stereocenters. The van der Waals surface area contributed by atoms with Crippen LogP contribution in [0.5, 0.6) is 0 Å². The second kappa shape index (κ2) is 13.6. The van der Waals surface area contributed by atoms with Crippen molar-refractivity contribution in [1.82, 2.24) is 14.9 Å². The summed E-state index contributed by atoms with van der Waals surface area (Å²) in [5.74, 6) is -0.852. The standard InChI is InChI=1S/C32H37N5O7S/c1-4-24-18-35(31(39)44-21-23-9-7-6-8-10-23)19-26(24)28(38)20-36(32(40)43-5-2)29-17-33-27-15-16-37(30(27)34-29)45(41,42)25-13-11-22(3)12-14-25/h6-14,17,24,26H,4-5,15-16,18-21H2,1-3H3/t24-,26-/m1/s1. The highest BCUT2D eigenvalue weighted by atomic mass is 32.2. The molecule has 2 aliphatic heterocycles.